The van der Waals surface area contributed by atoms with Crippen LogP contribution in [-0.2, 0) is 9.47 Å². The Labute approximate surface area is 123 Å². The number of rotatable bonds is 3. The fourth-order valence-corrected chi connectivity index (χ4v) is 1.92. The molecule has 0 radical (unpaired) electrons. The van der Waals surface area contributed by atoms with E-state index in [0.29, 0.717) is 11.3 Å². The van der Waals surface area contributed by atoms with Crippen LogP contribution < -0.4 is 5.32 Å². The average molecular weight is 292 g/mol. The largest absolute Gasteiger partial charge is 0.444 e. The Balaban J connectivity index is 2.36. The first kappa shape index (κ1) is 15.2. The molecule has 0 bridgehead atoms. The summed E-state index contributed by atoms with van der Waals surface area (Å²) in [5.41, 5.74) is 1.35. The van der Waals surface area contributed by atoms with E-state index >= 15 is 0 Å². The molecule has 1 N–H and O–H groups in total. The van der Waals surface area contributed by atoms with Crippen molar-refractivity contribution in [3.05, 3.63) is 24.2 Å². The maximum absolute atomic E-state index is 11.9. The van der Waals surface area contributed by atoms with Gasteiger partial charge in [0.05, 0.1) is 23.6 Å². The molecule has 2 aromatic rings. The van der Waals surface area contributed by atoms with Gasteiger partial charge in [-0.2, -0.15) is 5.10 Å². The number of anilines is 1. The number of nitrogens with one attached hydrogen (secondary N) is 1. The summed E-state index contributed by atoms with van der Waals surface area (Å²) >= 11 is 0. The van der Waals surface area contributed by atoms with Gasteiger partial charge < -0.3 is 9.47 Å². The Kier molecular flexibility index (Phi) is 4.13. The topological polar surface area (TPSA) is 77.8 Å². The van der Waals surface area contributed by atoms with E-state index < -0.39 is 11.7 Å². The molecule has 7 nitrogen and oxygen atoms in total. The van der Waals surface area contributed by atoms with Gasteiger partial charge in [-0.1, -0.05) is 0 Å². The van der Waals surface area contributed by atoms with Crippen LogP contribution in [0.3, 0.4) is 0 Å². The minimum atomic E-state index is -0.568. The van der Waals surface area contributed by atoms with Gasteiger partial charge in [-0.3, -0.25) is 5.32 Å². The summed E-state index contributed by atoms with van der Waals surface area (Å²) in [6.07, 6.45) is 4.15. The molecule has 0 aromatic carbocycles. The summed E-state index contributed by atoms with van der Waals surface area (Å²) in [5.74, 6) is 0. The van der Waals surface area contributed by atoms with E-state index in [1.165, 1.54) is 0 Å². The van der Waals surface area contributed by atoms with Crippen LogP contribution in [-0.4, -0.2) is 33.4 Å². The van der Waals surface area contributed by atoms with Crippen molar-refractivity contribution in [1.82, 2.24) is 14.6 Å². The molecule has 2 aromatic heterocycles. The molecule has 114 valence electrons. The zero-order chi connectivity index (χ0) is 15.6. The lowest BCUT2D eigenvalue weighted by Gasteiger charge is -2.21. The zero-order valence-electron chi connectivity index (χ0n) is 12.9. The van der Waals surface area contributed by atoms with Crippen LogP contribution >= 0.6 is 0 Å². The number of carbonyl (C=O) groups is 1. The monoisotopic (exact) mass is 292 g/mol. The highest BCUT2D eigenvalue weighted by Crippen LogP contribution is 2.28. The Morgan fingerprint density at radius 3 is 2.76 bits per heavy atom. The van der Waals surface area contributed by atoms with Crippen LogP contribution in [0.25, 0.3) is 5.65 Å². The molecule has 0 spiro atoms. The van der Waals surface area contributed by atoms with E-state index in [-0.39, 0.29) is 6.10 Å². The first-order chi connectivity index (χ1) is 9.81. The quantitative estimate of drug-likeness (QED) is 0.941. The molecule has 0 aliphatic carbocycles. The Hall–Kier alpha value is -2.15. The molecule has 0 aliphatic heterocycles. The Bertz CT molecular complexity index is 645. The van der Waals surface area contributed by atoms with Crippen molar-refractivity contribution < 1.29 is 14.3 Å². The highest BCUT2D eigenvalue weighted by molar-refractivity contribution is 5.87. The number of aromatic nitrogens is 3. The predicted octanol–water partition coefficient (Wildman–Crippen LogP) is 2.78. The van der Waals surface area contributed by atoms with Gasteiger partial charge >= 0.3 is 6.09 Å². The molecule has 0 aliphatic rings. The fourth-order valence-electron chi connectivity index (χ4n) is 1.92. The molecular formula is C14H20N4O3. The summed E-state index contributed by atoms with van der Waals surface area (Å²) < 4.78 is 12.3. The molecule has 0 saturated carbocycles. The lowest BCUT2D eigenvalue weighted by atomic mass is 10.1. The van der Waals surface area contributed by atoms with E-state index in [1.54, 1.807) is 51.0 Å². The third-order valence-corrected chi connectivity index (χ3v) is 2.86. The van der Waals surface area contributed by atoms with Gasteiger partial charge in [0.2, 0.25) is 0 Å². The first-order valence-corrected chi connectivity index (χ1v) is 6.67. The summed E-state index contributed by atoms with van der Waals surface area (Å²) in [4.78, 5) is 16.2. The van der Waals surface area contributed by atoms with Crippen LogP contribution in [0.2, 0.25) is 0 Å². The van der Waals surface area contributed by atoms with Gasteiger partial charge in [-0.15, -0.1) is 0 Å². The molecule has 1 atom stereocenters. The van der Waals surface area contributed by atoms with Crippen molar-refractivity contribution in [3.8, 4) is 0 Å². The van der Waals surface area contributed by atoms with Crippen LogP contribution in [0.1, 0.15) is 39.4 Å². The molecular weight excluding hydrogens is 272 g/mol. The van der Waals surface area contributed by atoms with E-state index in [0.717, 1.165) is 5.56 Å². The van der Waals surface area contributed by atoms with E-state index in [4.69, 9.17) is 9.47 Å². The minimum absolute atomic E-state index is 0.247. The van der Waals surface area contributed by atoms with Crippen molar-refractivity contribution >= 4 is 17.4 Å². The Morgan fingerprint density at radius 2 is 2.14 bits per heavy atom. The minimum Gasteiger partial charge on any atom is -0.444 e. The van der Waals surface area contributed by atoms with Crippen molar-refractivity contribution in [3.63, 3.8) is 0 Å². The molecule has 7 heteroatoms. The van der Waals surface area contributed by atoms with Gasteiger partial charge in [0.1, 0.15) is 5.60 Å². The number of hydrogen-bond acceptors (Lipinski definition) is 5. The molecule has 0 unspecified atom stereocenters. The number of fused-ring (bicyclic) bond motifs is 1. The van der Waals surface area contributed by atoms with Gasteiger partial charge in [0, 0.05) is 19.5 Å². The van der Waals surface area contributed by atoms with E-state index in [1.807, 2.05) is 6.92 Å². The average Bonchev–Trinajstić information content (AvgIpc) is 2.83. The smallest absolute Gasteiger partial charge is 0.412 e. The van der Waals surface area contributed by atoms with Crippen molar-refractivity contribution in [2.45, 2.75) is 39.4 Å². The first-order valence-electron chi connectivity index (χ1n) is 6.67. The SMILES string of the molecule is CO[C@@H](C)c1c(NC(=O)OC(C)(C)C)cnn2ccnc12. The summed E-state index contributed by atoms with van der Waals surface area (Å²) in [6, 6.07) is 0. The zero-order valence-corrected chi connectivity index (χ0v) is 12.9. The highest BCUT2D eigenvalue weighted by atomic mass is 16.6. The fraction of sp³-hybridized carbons (Fsp3) is 0.500. The van der Waals surface area contributed by atoms with E-state index in [2.05, 4.69) is 15.4 Å². The number of methoxy groups -OCH3 is 1. The maximum Gasteiger partial charge on any atom is 0.412 e. The number of imidazole rings is 1. The molecule has 0 saturated heterocycles. The summed E-state index contributed by atoms with van der Waals surface area (Å²) in [6.45, 7) is 7.30. The number of amides is 1. The van der Waals surface area contributed by atoms with Crippen molar-refractivity contribution in [1.29, 1.82) is 0 Å². The molecule has 0 fully saturated rings. The number of hydrogen-bond donors (Lipinski definition) is 1. The second-order valence-electron chi connectivity index (χ2n) is 5.67. The van der Waals surface area contributed by atoms with Crippen molar-refractivity contribution in [2.24, 2.45) is 0 Å². The van der Waals surface area contributed by atoms with Crippen LogP contribution in [0, 0.1) is 0 Å². The summed E-state index contributed by atoms with van der Waals surface area (Å²) in [5, 5.41) is 6.90. The van der Waals surface area contributed by atoms with E-state index in [9.17, 15) is 4.79 Å². The third kappa shape index (κ3) is 3.49. The van der Waals surface area contributed by atoms with Crippen LogP contribution in [0.15, 0.2) is 18.6 Å². The second-order valence-corrected chi connectivity index (χ2v) is 5.67. The van der Waals surface area contributed by atoms with Gasteiger partial charge in [-0.25, -0.2) is 14.3 Å². The maximum atomic E-state index is 11.9. The lowest BCUT2D eigenvalue weighted by molar-refractivity contribution is 0.0635. The lowest BCUT2D eigenvalue weighted by Crippen LogP contribution is -2.28. The predicted molar refractivity (Wildman–Crippen MR) is 78.3 cm³/mol. The second kappa shape index (κ2) is 5.69. The number of carbonyl (C=O) groups excluding carboxylic acids is 1. The molecule has 1 amide bonds. The normalized spacial score (nSPS) is 13.2. The number of ether oxygens (including phenoxy) is 2. The van der Waals surface area contributed by atoms with Crippen LogP contribution in [0.4, 0.5) is 10.5 Å². The highest BCUT2D eigenvalue weighted by Gasteiger charge is 2.21. The van der Waals surface area contributed by atoms with Crippen LogP contribution in [0.5, 0.6) is 0 Å². The van der Waals surface area contributed by atoms with Gasteiger partial charge in [-0.05, 0) is 27.7 Å². The van der Waals surface area contributed by atoms with Gasteiger partial charge in [0.15, 0.2) is 5.65 Å². The molecule has 2 heterocycles. The Morgan fingerprint density at radius 1 is 1.43 bits per heavy atom. The molecule has 21 heavy (non-hydrogen) atoms. The third-order valence-electron chi connectivity index (χ3n) is 2.86. The van der Waals surface area contributed by atoms with Crippen molar-refractivity contribution in [2.75, 3.05) is 12.4 Å². The standard InChI is InChI=1S/C14H20N4O3/c1-9(20-5)11-10(17-13(19)21-14(2,3)4)8-16-18-7-6-15-12(11)18/h6-9H,1-5H3,(H,17,19)/t9-/m0/s1. The number of nitrogens with zero attached hydrogens (tertiary/aromatic N) is 3. The molecule has 2 rings (SSSR count). The summed E-state index contributed by atoms with van der Waals surface area (Å²) in [7, 11) is 1.60. The van der Waals surface area contributed by atoms with Gasteiger partial charge in [0.25, 0.3) is 0 Å².